The summed E-state index contributed by atoms with van der Waals surface area (Å²) in [5.41, 5.74) is 2.52. The summed E-state index contributed by atoms with van der Waals surface area (Å²) in [6.45, 7) is 3.30. The molecule has 1 aromatic heterocycles. The second-order valence-electron chi connectivity index (χ2n) is 5.06. The smallest absolute Gasteiger partial charge is 0.158 e. The highest BCUT2D eigenvalue weighted by Gasteiger charge is 2.08. The lowest BCUT2D eigenvalue weighted by Crippen LogP contribution is -2.19. The van der Waals surface area contributed by atoms with Gasteiger partial charge in [-0.1, -0.05) is 29.8 Å². The highest BCUT2D eigenvalue weighted by molar-refractivity contribution is 5.49. The van der Waals surface area contributed by atoms with Gasteiger partial charge in [0.1, 0.15) is 18.2 Å². The Kier molecular flexibility index (Phi) is 5.11. The van der Waals surface area contributed by atoms with Crippen molar-refractivity contribution < 1.29 is 4.74 Å². The van der Waals surface area contributed by atoms with Gasteiger partial charge in [-0.05, 0) is 12.5 Å². The molecule has 0 unspecified atom stereocenters. The second kappa shape index (κ2) is 7.04. The van der Waals surface area contributed by atoms with Gasteiger partial charge in [-0.15, -0.1) is 0 Å². The average Bonchev–Trinajstić information content (AvgIpc) is 2.47. The van der Waals surface area contributed by atoms with Gasteiger partial charge in [0.25, 0.3) is 0 Å². The first-order chi connectivity index (χ1) is 10.1. The number of hydrogen-bond donors (Lipinski definition) is 1. The summed E-state index contributed by atoms with van der Waals surface area (Å²) in [5.74, 6) is 2.35. The third-order valence-electron chi connectivity index (χ3n) is 3.18. The van der Waals surface area contributed by atoms with Crippen LogP contribution in [-0.2, 0) is 17.9 Å². The normalized spacial score (nSPS) is 10.5. The molecule has 112 valence electrons. The van der Waals surface area contributed by atoms with Crippen LogP contribution in [-0.4, -0.2) is 31.2 Å². The average molecular weight is 286 g/mol. The van der Waals surface area contributed by atoms with Crippen LogP contribution in [0.1, 0.15) is 17.0 Å². The van der Waals surface area contributed by atoms with Crippen molar-refractivity contribution in [3.8, 4) is 0 Å². The molecule has 0 spiro atoms. The molecule has 5 nitrogen and oxygen atoms in total. The molecule has 0 aliphatic heterocycles. The maximum Gasteiger partial charge on any atom is 0.158 e. The van der Waals surface area contributed by atoms with E-state index in [0.717, 1.165) is 18.2 Å². The zero-order valence-corrected chi connectivity index (χ0v) is 13.1. The molecular formula is C16H22N4O. The van der Waals surface area contributed by atoms with E-state index >= 15 is 0 Å². The van der Waals surface area contributed by atoms with E-state index in [0.29, 0.717) is 12.4 Å². The fourth-order valence-electron chi connectivity index (χ4n) is 2.17. The van der Waals surface area contributed by atoms with Gasteiger partial charge in [0, 0.05) is 33.8 Å². The Morgan fingerprint density at radius 3 is 2.71 bits per heavy atom. The second-order valence-corrected chi connectivity index (χ2v) is 5.06. The maximum absolute atomic E-state index is 5.12. The zero-order chi connectivity index (χ0) is 15.2. The Labute approximate surface area is 126 Å². The number of aromatic nitrogens is 2. The van der Waals surface area contributed by atoms with Crippen LogP contribution >= 0.6 is 0 Å². The van der Waals surface area contributed by atoms with Gasteiger partial charge in [0.15, 0.2) is 5.82 Å². The third-order valence-corrected chi connectivity index (χ3v) is 3.18. The van der Waals surface area contributed by atoms with Crippen molar-refractivity contribution in [1.29, 1.82) is 0 Å². The minimum absolute atomic E-state index is 0.404. The van der Waals surface area contributed by atoms with Gasteiger partial charge in [-0.25, -0.2) is 9.97 Å². The van der Waals surface area contributed by atoms with Crippen molar-refractivity contribution in [2.45, 2.75) is 20.1 Å². The van der Waals surface area contributed by atoms with Crippen LogP contribution in [0, 0.1) is 6.92 Å². The van der Waals surface area contributed by atoms with Crippen LogP contribution < -0.4 is 10.2 Å². The quantitative estimate of drug-likeness (QED) is 0.884. The molecule has 1 N–H and O–H groups in total. The summed E-state index contributed by atoms with van der Waals surface area (Å²) in [7, 11) is 5.52. The van der Waals surface area contributed by atoms with Crippen molar-refractivity contribution >= 4 is 11.6 Å². The molecule has 21 heavy (non-hydrogen) atoms. The molecule has 0 fully saturated rings. The molecule has 2 aromatic rings. The molecule has 0 saturated carbocycles. The predicted molar refractivity (Wildman–Crippen MR) is 85.6 cm³/mol. The number of rotatable bonds is 6. The number of hydrogen-bond acceptors (Lipinski definition) is 5. The van der Waals surface area contributed by atoms with Gasteiger partial charge < -0.3 is 15.0 Å². The van der Waals surface area contributed by atoms with Crippen LogP contribution in [0.3, 0.4) is 0 Å². The standard InChI is InChI=1S/C16H22N4O/c1-12-6-5-7-13(8-12)10-20(3)16-9-14(17-2)18-15(19-16)11-21-4/h5-9H,10-11H2,1-4H3,(H,17,18,19). The van der Waals surface area contributed by atoms with Gasteiger partial charge in [-0.3, -0.25) is 0 Å². The predicted octanol–water partition coefficient (Wildman–Crippen LogP) is 2.61. The monoisotopic (exact) mass is 286 g/mol. The lowest BCUT2D eigenvalue weighted by atomic mass is 10.1. The molecule has 0 radical (unpaired) electrons. The van der Waals surface area contributed by atoms with Crippen molar-refractivity contribution in [2.24, 2.45) is 0 Å². The summed E-state index contributed by atoms with van der Waals surface area (Å²) in [5, 5.41) is 3.06. The SMILES string of the molecule is CNc1cc(N(C)Cc2cccc(C)c2)nc(COC)n1. The minimum atomic E-state index is 0.404. The first-order valence-electron chi connectivity index (χ1n) is 6.93. The van der Waals surface area contributed by atoms with E-state index in [1.807, 2.05) is 20.2 Å². The number of aryl methyl sites for hydroxylation is 1. The number of ether oxygens (including phenoxy) is 1. The van der Waals surface area contributed by atoms with E-state index in [-0.39, 0.29) is 0 Å². The molecule has 5 heteroatoms. The number of methoxy groups -OCH3 is 1. The number of nitrogens with one attached hydrogen (secondary N) is 1. The number of nitrogens with zero attached hydrogens (tertiary/aromatic N) is 3. The van der Waals surface area contributed by atoms with E-state index in [4.69, 9.17) is 4.74 Å². The maximum atomic E-state index is 5.12. The largest absolute Gasteiger partial charge is 0.377 e. The Hall–Kier alpha value is -2.14. The third kappa shape index (κ3) is 4.16. The van der Waals surface area contributed by atoms with Crippen LogP contribution in [0.4, 0.5) is 11.6 Å². The molecule has 1 heterocycles. The van der Waals surface area contributed by atoms with Crippen LogP contribution in [0.25, 0.3) is 0 Å². The molecule has 1 aromatic carbocycles. The summed E-state index contributed by atoms with van der Waals surface area (Å²) in [4.78, 5) is 11.0. The molecule has 0 aliphatic rings. The van der Waals surface area contributed by atoms with Crippen molar-refractivity contribution in [3.63, 3.8) is 0 Å². The van der Waals surface area contributed by atoms with E-state index in [1.165, 1.54) is 11.1 Å². The van der Waals surface area contributed by atoms with Crippen LogP contribution in [0.15, 0.2) is 30.3 Å². The molecular weight excluding hydrogens is 264 g/mol. The Balaban J connectivity index is 2.21. The van der Waals surface area contributed by atoms with E-state index in [2.05, 4.69) is 51.4 Å². The lowest BCUT2D eigenvalue weighted by Gasteiger charge is -2.20. The number of anilines is 2. The Bertz CT molecular complexity index is 601. The van der Waals surface area contributed by atoms with Gasteiger partial charge in [-0.2, -0.15) is 0 Å². The zero-order valence-electron chi connectivity index (χ0n) is 13.1. The topological polar surface area (TPSA) is 50.3 Å². The summed E-state index contributed by atoms with van der Waals surface area (Å²) in [6.07, 6.45) is 0. The summed E-state index contributed by atoms with van der Waals surface area (Å²) < 4.78 is 5.12. The molecule has 2 rings (SSSR count). The van der Waals surface area contributed by atoms with Crippen molar-refractivity contribution in [3.05, 3.63) is 47.3 Å². The number of benzene rings is 1. The Morgan fingerprint density at radius 2 is 2.05 bits per heavy atom. The van der Waals surface area contributed by atoms with Gasteiger partial charge >= 0.3 is 0 Å². The fraction of sp³-hybridized carbons (Fsp3) is 0.375. The van der Waals surface area contributed by atoms with E-state index in [1.54, 1.807) is 7.11 Å². The van der Waals surface area contributed by atoms with Crippen molar-refractivity contribution in [1.82, 2.24) is 9.97 Å². The minimum Gasteiger partial charge on any atom is -0.377 e. The highest BCUT2D eigenvalue weighted by Crippen LogP contribution is 2.17. The van der Waals surface area contributed by atoms with Crippen molar-refractivity contribution in [2.75, 3.05) is 31.4 Å². The fourth-order valence-corrected chi connectivity index (χ4v) is 2.17. The van der Waals surface area contributed by atoms with E-state index < -0.39 is 0 Å². The van der Waals surface area contributed by atoms with Gasteiger partial charge in [0.2, 0.25) is 0 Å². The van der Waals surface area contributed by atoms with Crippen LogP contribution in [0.5, 0.6) is 0 Å². The summed E-state index contributed by atoms with van der Waals surface area (Å²) in [6, 6.07) is 10.4. The highest BCUT2D eigenvalue weighted by atomic mass is 16.5. The van der Waals surface area contributed by atoms with Crippen LogP contribution in [0.2, 0.25) is 0 Å². The van der Waals surface area contributed by atoms with Gasteiger partial charge in [0.05, 0.1) is 0 Å². The molecule has 0 bridgehead atoms. The first-order valence-corrected chi connectivity index (χ1v) is 6.93. The first kappa shape index (κ1) is 15.3. The van der Waals surface area contributed by atoms with E-state index in [9.17, 15) is 0 Å². The summed E-state index contributed by atoms with van der Waals surface area (Å²) >= 11 is 0. The lowest BCUT2D eigenvalue weighted by molar-refractivity contribution is 0.178. The molecule has 0 aliphatic carbocycles. The Morgan fingerprint density at radius 1 is 1.24 bits per heavy atom. The molecule has 0 saturated heterocycles. The molecule has 0 atom stereocenters. The molecule has 0 amide bonds.